The minimum Gasteiger partial charge on any atom is -0.207 e. The van der Waals surface area contributed by atoms with Gasteiger partial charge >= 0.3 is 0 Å². The summed E-state index contributed by atoms with van der Waals surface area (Å²) in [5.41, 5.74) is 0. The van der Waals surface area contributed by atoms with Crippen LogP contribution in [0.1, 0.15) is 26.7 Å². The topological polar surface area (TPSA) is 0 Å². The lowest BCUT2D eigenvalue weighted by atomic mass is 10.0. The van der Waals surface area contributed by atoms with Gasteiger partial charge in [0.25, 0.3) is 0 Å². The quantitative estimate of drug-likeness (QED) is 0.558. The van der Waals surface area contributed by atoms with E-state index in [1.807, 2.05) is 0 Å². The van der Waals surface area contributed by atoms with E-state index in [4.69, 9.17) is 0 Å². The molecule has 0 amide bonds. The molecule has 0 aromatic carbocycles. The summed E-state index contributed by atoms with van der Waals surface area (Å²) >= 11 is 0. The summed E-state index contributed by atoms with van der Waals surface area (Å²) in [7, 11) is 0. The van der Waals surface area contributed by atoms with Crippen LogP contribution in [0.15, 0.2) is 0 Å². The van der Waals surface area contributed by atoms with Crippen molar-refractivity contribution in [1.29, 1.82) is 0 Å². The summed E-state index contributed by atoms with van der Waals surface area (Å²) in [6, 6.07) is 0. The van der Waals surface area contributed by atoms with Crippen molar-refractivity contribution in [1.82, 2.24) is 0 Å². The van der Waals surface area contributed by atoms with Crippen molar-refractivity contribution >= 4 is 0 Å². The van der Waals surface area contributed by atoms with Gasteiger partial charge in [-0.15, -0.1) is 0 Å². The standard InChI is InChI=1S/C7H13F2/c1-4-5-6(2)7(3,8)9/h6H,1,4-5H2,2-3H3. The molecule has 0 fully saturated rings. The Morgan fingerprint density at radius 3 is 2.11 bits per heavy atom. The van der Waals surface area contributed by atoms with Crippen LogP contribution < -0.4 is 0 Å². The molecule has 0 aromatic heterocycles. The average Bonchev–Trinajstić information content (AvgIpc) is 1.64. The molecule has 0 aliphatic heterocycles. The summed E-state index contributed by atoms with van der Waals surface area (Å²) in [6.45, 7) is 6.00. The Labute approximate surface area is 55.3 Å². The van der Waals surface area contributed by atoms with Crippen LogP contribution in [0, 0.1) is 12.8 Å². The zero-order valence-electron chi connectivity index (χ0n) is 5.95. The van der Waals surface area contributed by atoms with Gasteiger partial charge in [-0.25, -0.2) is 8.78 Å². The molecular weight excluding hydrogens is 122 g/mol. The minimum absolute atomic E-state index is 0.503. The van der Waals surface area contributed by atoms with E-state index in [0.717, 1.165) is 6.92 Å². The number of halogens is 2. The molecule has 0 nitrogen and oxygen atoms in total. The van der Waals surface area contributed by atoms with Gasteiger partial charge in [-0.3, -0.25) is 0 Å². The van der Waals surface area contributed by atoms with E-state index in [-0.39, 0.29) is 0 Å². The number of hydrogen-bond acceptors (Lipinski definition) is 0. The molecular formula is C7H13F2. The van der Waals surface area contributed by atoms with E-state index in [9.17, 15) is 8.78 Å². The summed E-state index contributed by atoms with van der Waals surface area (Å²) < 4.78 is 24.6. The maximum Gasteiger partial charge on any atom is 0.247 e. The zero-order valence-corrected chi connectivity index (χ0v) is 5.95. The van der Waals surface area contributed by atoms with E-state index in [2.05, 4.69) is 6.92 Å². The van der Waals surface area contributed by atoms with Gasteiger partial charge in [0.1, 0.15) is 0 Å². The first-order valence-corrected chi connectivity index (χ1v) is 3.15. The molecule has 2 heteroatoms. The second kappa shape index (κ2) is 3.14. The number of rotatable bonds is 3. The lowest BCUT2D eigenvalue weighted by molar-refractivity contribution is -0.0349. The summed E-state index contributed by atoms with van der Waals surface area (Å²) in [5.74, 6) is -3.06. The first-order valence-electron chi connectivity index (χ1n) is 3.15. The molecule has 0 spiro atoms. The van der Waals surface area contributed by atoms with Crippen molar-refractivity contribution in [2.45, 2.75) is 32.6 Å². The van der Waals surface area contributed by atoms with Crippen LogP contribution in [-0.2, 0) is 0 Å². The van der Waals surface area contributed by atoms with Gasteiger partial charge < -0.3 is 0 Å². The van der Waals surface area contributed by atoms with Crippen molar-refractivity contribution in [2.75, 3.05) is 0 Å². The van der Waals surface area contributed by atoms with Crippen molar-refractivity contribution in [3.8, 4) is 0 Å². The monoisotopic (exact) mass is 135 g/mol. The van der Waals surface area contributed by atoms with Gasteiger partial charge in [0.05, 0.1) is 0 Å². The van der Waals surface area contributed by atoms with E-state index in [0.29, 0.717) is 12.8 Å². The normalized spacial score (nSPS) is 15.7. The number of hydrogen-bond donors (Lipinski definition) is 0. The Hall–Kier alpha value is -0.140. The molecule has 0 aromatic rings. The van der Waals surface area contributed by atoms with Gasteiger partial charge in [-0.05, 0) is 13.3 Å². The maximum absolute atomic E-state index is 12.3. The zero-order chi connectivity index (χ0) is 7.49. The smallest absolute Gasteiger partial charge is 0.207 e. The predicted molar refractivity (Wildman–Crippen MR) is 34.4 cm³/mol. The van der Waals surface area contributed by atoms with Gasteiger partial charge in [0, 0.05) is 5.92 Å². The molecule has 9 heavy (non-hydrogen) atoms. The van der Waals surface area contributed by atoms with Crippen LogP contribution >= 0.6 is 0 Å². The highest BCUT2D eigenvalue weighted by Crippen LogP contribution is 2.26. The van der Waals surface area contributed by atoms with Crippen LogP contribution in [0.2, 0.25) is 0 Å². The van der Waals surface area contributed by atoms with E-state index >= 15 is 0 Å². The van der Waals surface area contributed by atoms with Gasteiger partial charge in [-0.1, -0.05) is 20.3 Å². The molecule has 0 N–H and O–H groups in total. The van der Waals surface area contributed by atoms with E-state index in [1.165, 1.54) is 0 Å². The van der Waals surface area contributed by atoms with Gasteiger partial charge in [-0.2, -0.15) is 0 Å². The van der Waals surface area contributed by atoms with E-state index < -0.39 is 11.8 Å². The van der Waals surface area contributed by atoms with Gasteiger partial charge in [0.2, 0.25) is 5.92 Å². The molecule has 0 heterocycles. The predicted octanol–water partition coefficient (Wildman–Crippen LogP) is 2.89. The molecule has 0 rings (SSSR count). The maximum atomic E-state index is 12.3. The van der Waals surface area contributed by atoms with E-state index in [1.54, 1.807) is 6.92 Å². The fraction of sp³-hybridized carbons (Fsp3) is 0.857. The Bertz CT molecular complexity index is 73.5. The summed E-state index contributed by atoms with van der Waals surface area (Å²) in [4.78, 5) is 0. The Kier molecular flexibility index (Phi) is 3.09. The molecule has 0 aliphatic rings. The molecule has 1 unspecified atom stereocenters. The first kappa shape index (κ1) is 8.86. The Balaban J connectivity index is 3.59. The van der Waals surface area contributed by atoms with Crippen LogP contribution in [0.5, 0.6) is 0 Å². The van der Waals surface area contributed by atoms with Crippen LogP contribution in [-0.4, -0.2) is 5.92 Å². The third-order valence-corrected chi connectivity index (χ3v) is 1.50. The summed E-state index contributed by atoms with van der Waals surface area (Å²) in [6.07, 6.45) is 1.09. The molecule has 1 atom stereocenters. The van der Waals surface area contributed by atoms with Crippen molar-refractivity contribution in [3.05, 3.63) is 6.92 Å². The second-order valence-corrected chi connectivity index (χ2v) is 2.50. The van der Waals surface area contributed by atoms with Crippen molar-refractivity contribution in [2.24, 2.45) is 5.92 Å². The third kappa shape index (κ3) is 3.44. The van der Waals surface area contributed by atoms with Crippen LogP contribution in [0.4, 0.5) is 8.78 Å². The third-order valence-electron chi connectivity index (χ3n) is 1.50. The molecule has 0 aliphatic carbocycles. The van der Waals surface area contributed by atoms with Crippen molar-refractivity contribution < 1.29 is 8.78 Å². The lowest BCUT2D eigenvalue weighted by Crippen LogP contribution is -2.20. The lowest BCUT2D eigenvalue weighted by Gasteiger charge is -2.17. The molecule has 55 valence electrons. The molecule has 0 saturated carbocycles. The molecule has 1 radical (unpaired) electrons. The van der Waals surface area contributed by atoms with Gasteiger partial charge in [0.15, 0.2) is 0 Å². The Morgan fingerprint density at radius 1 is 1.56 bits per heavy atom. The fourth-order valence-corrected chi connectivity index (χ4v) is 0.560. The molecule has 0 bridgehead atoms. The number of alkyl halides is 2. The minimum atomic E-state index is -2.53. The van der Waals surface area contributed by atoms with Crippen LogP contribution in [0.3, 0.4) is 0 Å². The highest BCUT2D eigenvalue weighted by atomic mass is 19.3. The molecule has 0 saturated heterocycles. The summed E-state index contributed by atoms with van der Waals surface area (Å²) in [5, 5.41) is 0. The van der Waals surface area contributed by atoms with Crippen molar-refractivity contribution in [3.63, 3.8) is 0 Å². The van der Waals surface area contributed by atoms with Crippen LogP contribution in [0.25, 0.3) is 0 Å². The SMILES string of the molecule is [CH2]CCC(C)C(C)(F)F. The highest BCUT2D eigenvalue weighted by Gasteiger charge is 2.28. The largest absolute Gasteiger partial charge is 0.247 e. The Morgan fingerprint density at radius 2 is 2.00 bits per heavy atom. The average molecular weight is 135 g/mol. The highest BCUT2D eigenvalue weighted by molar-refractivity contribution is 4.67. The fourth-order valence-electron chi connectivity index (χ4n) is 0.560. The second-order valence-electron chi connectivity index (χ2n) is 2.50. The first-order chi connectivity index (χ1) is 3.98.